The highest BCUT2D eigenvalue weighted by Gasteiger charge is 2.16. The number of carbonyl (C=O) groups excluding carboxylic acids is 2. The third kappa shape index (κ3) is 6.03. The van der Waals surface area contributed by atoms with Gasteiger partial charge in [0.05, 0.1) is 18.7 Å². The van der Waals surface area contributed by atoms with Gasteiger partial charge in [-0.25, -0.2) is 0 Å². The zero-order valence-corrected chi connectivity index (χ0v) is 16.2. The van der Waals surface area contributed by atoms with Crippen molar-refractivity contribution in [3.63, 3.8) is 0 Å². The van der Waals surface area contributed by atoms with E-state index in [1.54, 1.807) is 12.1 Å². The largest absolute Gasteiger partial charge is 0.461 e. The van der Waals surface area contributed by atoms with Crippen LogP contribution in [0.2, 0.25) is 0 Å². The Balaban J connectivity index is 1.42. The quantitative estimate of drug-likeness (QED) is 0.522. The zero-order chi connectivity index (χ0) is 20.5. The van der Waals surface area contributed by atoms with Gasteiger partial charge in [-0.15, -0.1) is 0 Å². The minimum Gasteiger partial charge on any atom is -0.461 e. The lowest BCUT2D eigenvalue weighted by Crippen LogP contribution is -2.32. The van der Waals surface area contributed by atoms with Crippen molar-refractivity contribution in [2.24, 2.45) is 0 Å². The molecule has 3 rings (SSSR count). The van der Waals surface area contributed by atoms with Crippen molar-refractivity contribution >= 4 is 11.9 Å². The molecule has 1 atom stereocenters. The van der Waals surface area contributed by atoms with E-state index in [4.69, 9.17) is 13.7 Å². The molecule has 0 saturated carbocycles. The summed E-state index contributed by atoms with van der Waals surface area (Å²) in [6, 6.07) is 13.0. The number of nitrogens with one attached hydrogen (secondary N) is 1. The first-order valence-electron chi connectivity index (χ1n) is 9.52. The summed E-state index contributed by atoms with van der Waals surface area (Å²) < 4.78 is 15.3. The fraction of sp³-hybridized carbons (Fsp3) is 0.333. The number of rotatable bonds is 10. The summed E-state index contributed by atoms with van der Waals surface area (Å²) in [6.45, 7) is 1.73. The summed E-state index contributed by atoms with van der Waals surface area (Å²) in [6.07, 6.45) is 3.49. The van der Waals surface area contributed by atoms with Crippen LogP contribution in [-0.4, -0.2) is 28.6 Å². The summed E-state index contributed by atoms with van der Waals surface area (Å²) in [5.74, 6) is 0.257. The van der Waals surface area contributed by atoms with Crippen LogP contribution in [0.1, 0.15) is 43.7 Å². The van der Waals surface area contributed by atoms with Crippen molar-refractivity contribution in [2.75, 3.05) is 6.61 Å². The molecule has 1 unspecified atom stereocenters. The highest BCUT2D eigenvalue weighted by Crippen LogP contribution is 2.18. The van der Waals surface area contributed by atoms with Gasteiger partial charge in [-0.2, -0.15) is 4.98 Å². The van der Waals surface area contributed by atoms with E-state index < -0.39 is 5.97 Å². The molecule has 29 heavy (non-hydrogen) atoms. The van der Waals surface area contributed by atoms with E-state index >= 15 is 0 Å². The van der Waals surface area contributed by atoms with Crippen molar-refractivity contribution in [1.29, 1.82) is 0 Å². The monoisotopic (exact) mass is 397 g/mol. The Labute approximate surface area is 168 Å². The molecular formula is C21H23N3O5. The number of hydrogen-bond donors (Lipinski definition) is 1. The third-order valence-corrected chi connectivity index (χ3v) is 4.23. The second-order valence-corrected chi connectivity index (χ2v) is 6.47. The first kappa shape index (κ1) is 20.3. The molecular weight excluding hydrogens is 374 g/mol. The molecule has 0 bridgehead atoms. The minimum atomic E-state index is -0.510. The van der Waals surface area contributed by atoms with Gasteiger partial charge in [0, 0.05) is 6.42 Å². The van der Waals surface area contributed by atoms with E-state index in [1.165, 1.54) is 6.26 Å². The summed E-state index contributed by atoms with van der Waals surface area (Å²) in [7, 11) is 0. The molecule has 8 nitrogen and oxygen atoms in total. The third-order valence-electron chi connectivity index (χ3n) is 4.23. The van der Waals surface area contributed by atoms with Crippen molar-refractivity contribution < 1.29 is 23.3 Å². The van der Waals surface area contributed by atoms with E-state index in [1.807, 2.05) is 30.3 Å². The highest BCUT2D eigenvalue weighted by molar-refractivity contribution is 5.80. The van der Waals surface area contributed by atoms with Gasteiger partial charge in [-0.1, -0.05) is 48.8 Å². The molecule has 0 aliphatic carbocycles. The van der Waals surface area contributed by atoms with Crippen molar-refractivity contribution in [3.05, 3.63) is 60.2 Å². The van der Waals surface area contributed by atoms with Gasteiger partial charge in [0.25, 0.3) is 5.91 Å². The SMILES string of the molecule is CCCC(NC(=O)COC(=O)CCc1nc(-c2ccco2)no1)c1ccccc1. The van der Waals surface area contributed by atoms with Crippen LogP contribution in [0.5, 0.6) is 0 Å². The Bertz CT molecular complexity index is 906. The number of furan rings is 1. The first-order valence-corrected chi connectivity index (χ1v) is 9.52. The molecule has 1 aromatic carbocycles. The maximum atomic E-state index is 12.2. The van der Waals surface area contributed by atoms with E-state index in [0.29, 0.717) is 17.5 Å². The maximum Gasteiger partial charge on any atom is 0.306 e. The van der Waals surface area contributed by atoms with Crippen molar-refractivity contribution in [1.82, 2.24) is 15.5 Å². The number of esters is 1. The minimum absolute atomic E-state index is 0.0319. The molecule has 0 aliphatic heterocycles. The van der Waals surface area contributed by atoms with Gasteiger partial charge in [0.2, 0.25) is 11.7 Å². The van der Waals surface area contributed by atoms with Crippen LogP contribution in [0.3, 0.4) is 0 Å². The Hall–Kier alpha value is -3.42. The molecule has 2 heterocycles. The van der Waals surface area contributed by atoms with Crippen molar-refractivity contribution in [3.8, 4) is 11.6 Å². The summed E-state index contributed by atoms with van der Waals surface area (Å²) in [4.78, 5) is 28.3. The molecule has 8 heteroatoms. The summed E-state index contributed by atoms with van der Waals surface area (Å²) in [5, 5.41) is 6.71. The molecule has 152 valence electrons. The molecule has 0 radical (unpaired) electrons. The number of hydrogen-bond acceptors (Lipinski definition) is 7. The molecule has 0 saturated heterocycles. The van der Waals surface area contributed by atoms with Gasteiger partial charge in [-0.3, -0.25) is 9.59 Å². The lowest BCUT2D eigenvalue weighted by Gasteiger charge is -2.18. The van der Waals surface area contributed by atoms with E-state index in [2.05, 4.69) is 22.4 Å². The Kier molecular flexibility index (Phi) is 7.16. The second kappa shape index (κ2) is 10.2. The fourth-order valence-electron chi connectivity index (χ4n) is 2.82. The van der Waals surface area contributed by atoms with Crippen LogP contribution in [0.4, 0.5) is 0 Å². The molecule has 3 aromatic rings. The standard InChI is InChI=1S/C21H23N3O5/c1-2-7-16(15-8-4-3-5-9-15)22-18(25)14-28-20(26)12-11-19-23-21(24-29-19)17-10-6-13-27-17/h3-6,8-10,13,16H,2,7,11-12,14H2,1H3,(H,22,25). The number of amides is 1. The topological polar surface area (TPSA) is 107 Å². The molecule has 1 N–H and O–H groups in total. The average Bonchev–Trinajstić information content (AvgIpc) is 3.43. The number of ether oxygens (including phenoxy) is 1. The number of benzene rings is 1. The van der Waals surface area contributed by atoms with Crippen LogP contribution in [0.15, 0.2) is 57.7 Å². The van der Waals surface area contributed by atoms with Gasteiger partial charge in [-0.05, 0) is 24.1 Å². The van der Waals surface area contributed by atoms with Gasteiger partial charge < -0.3 is 19.0 Å². The first-order chi connectivity index (χ1) is 14.2. The molecule has 0 spiro atoms. The fourth-order valence-corrected chi connectivity index (χ4v) is 2.82. The predicted octanol–water partition coefficient (Wildman–Crippen LogP) is 3.46. The van der Waals surface area contributed by atoms with Crippen LogP contribution in [0, 0.1) is 0 Å². The van der Waals surface area contributed by atoms with Crippen LogP contribution in [-0.2, 0) is 20.7 Å². The van der Waals surface area contributed by atoms with Crippen LogP contribution >= 0.6 is 0 Å². The molecule has 0 fully saturated rings. The summed E-state index contributed by atoms with van der Waals surface area (Å²) in [5.41, 5.74) is 1.03. The lowest BCUT2D eigenvalue weighted by atomic mass is 10.0. The number of carbonyl (C=O) groups is 2. The average molecular weight is 397 g/mol. The normalized spacial score (nSPS) is 11.8. The number of aromatic nitrogens is 2. The molecule has 0 aliphatic rings. The number of aryl methyl sites for hydroxylation is 1. The van der Waals surface area contributed by atoms with Gasteiger partial charge in [0.1, 0.15) is 0 Å². The molecule has 1 amide bonds. The van der Waals surface area contributed by atoms with E-state index in [-0.39, 0.29) is 31.4 Å². The maximum absolute atomic E-state index is 12.2. The van der Waals surface area contributed by atoms with E-state index in [0.717, 1.165) is 18.4 Å². The Morgan fingerprint density at radius 3 is 2.72 bits per heavy atom. The van der Waals surface area contributed by atoms with Crippen molar-refractivity contribution in [2.45, 2.75) is 38.6 Å². The lowest BCUT2D eigenvalue weighted by molar-refractivity contribution is -0.148. The second-order valence-electron chi connectivity index (χ2n) is 6.47. The Morgan fingerprint density at radius 1 is 1.17 bits per heavy atom. The number of nitrogens with zero attached hydrogens (tertiary/aromatic N) is 2. The highest BCUT2D eigenvalue weighted by atomic mass is 16.5. The Morgan fingerprint density at radius 2 is 2.00 bits per heavy atom. The van der Waals surface area contributed by atoms with Crippen LogP contribution < -0.4 is 5.32 Å². The summed E-state index contributed by atoms with van der Waals surface area (Å²) >= 11 is 0. The van der Waals surface area contributed by atoms with E-state index in [9.17, 15) is 9.59 Å². The molecule has 2 aromatic heterocycles. The van der Waals surface area contributed by atoms with Gasteiger partial charge in [0.15, 0.2) is 12.4 Å². The smallest absolute Gasteiger partial charge is 0.306 e. The predicted molar refractivity (Wildman–Crippen MR) is 104 cm³/mol. The van der Waals surface area contributed by atoms with Gasteiger partial charge >= 0.3 is 5.97 Å². The van der Waals surface area contributed by atoms with Crippen LogP contribution in [0.25, 0.3) is 11.6 Å². The zero-order valence-electron chi connectivity index (χ0n) is 16.2.